The van der Waals surface area contributed by atoms with Crippen LogP contribution >= 0.6 is 0 Å². The van der Waals surface area contributed by atoms with E-state index >= 15 is 0 Å². The number of rotatable bonds is 8. The molecular formula is C20H31N5O. The molecule has 2 N–H and O–H groups in total. The molecule has 0 radical (unpaired) electrons. The summed E-state index contributed by atoms with van der Waals surface area (Å²) in [4.78, 5) is 17.7. The van der Waals surface area contributed by atoms with E-state index in [0.717, 1.165) is 25.9 Å². The third kappa shape index (κ3) is 5.79. The van der Waals surface area contributed by atoms with Crippen molar-refractivity contribution in [3.8, 4) is 0 Å². The molecule has 0 fully saturated rings. The summed E-state index contributed by atoms with van der Waals surface area (Å²) in [5.74, 6) is 0.695. The number of nitrogens with zero attached hydrogens (tertiary/aromatic N) is 3. The van der Waals surface area contributed by atoms with E-state index in [2.05, 4.69) is 70.6 Å². The minimum atomic E-state index is -0.00550. The van der Waals surface area contributed by atoms with Gasteiger partial charge in [0.25, 0.3) is 0 Å². The van der Waals surface area contributed by atoms with E-state index in [1.54, 1.807) is 19.0 Å². The molecule has 26 heavy (non-hydrogen) atoms. The lowest BCUT2D eigenvalue weighted by atomic mass is 10.2. The molecule has 142 valence electrons. The monoisotopic (exact) mass is 357 g/mol. The molecule has 1 unspecified atom stereocenters. The van der Waals surface area contributed by atoms with Crippen LogP contribution in [0.15, 0.2) is 41.5 Å². The summed E-state index contributed by atoms with van der Waals surface area (Å²) >= 11 is 0. The van der Waals surface area contributed by atoms with E-state index in [9.17, 15) is 4.79 Å². The van der Waals surface area contributed by atoms with Crippen LogP contribution in [0.4, 0.5) is 0 Å². The van der Waals surface area contributed by atoms with Gasteiger partial charge in [-0.05, 0) is 37.3 Å². The van der Waals surface area contributed by atoms with E-state index in [1.807, 2.05) is 0 Å². The number of carbonyl (C=O) groups excluding carboxylic acids is 1. The molecular weight excluding hydrogens is 326 g/mol. The SMILES string of the molecule is CCC(C)NC(=NCC(=O)N(C)C)NCCCn1ccc2ccccc21. The van der Waals surface area contributed by atoms with E-state index < -0.39 is 0 Å². The Bertz CT molecular complexity index is 735. The van der Waals surface area contributed by atoms with E-state index in [1.165, 1.54) is 10.9 Å². The lowest BCUT2D eigenvalue weighted by molar-refractivity contribution is -0.127. The summed E-state index contributed by atoms with van der Waals surface area (Å²) < 4.78 is 2.27. The van der Waals surface area contributed by atoms with Crippen molar-refractivity contribution in [1.82, 2.24) is 20.1 Å². The minimum Gasteiger partial charge on any atom is -0.356 e. The average molecular weight is 358 g/mol. The number of guanidine groups is 1. The predicted octanol–water partition coefficient (Wildman–Crippen LogP) is 2.45. The average Bonchev–Trinajstić information content (AvgIpc) is 3.05. The maximum Gasteiger partial charge on any atom is 0.243 e. The van der Waals surface area contributed by atoms with E-state index in [-0.39, 0.29) is 12.5 Å². The lowest BCUT2D eigenvalue weighted by Gasteiger charge is -2.17. The number of carbonyl (C=O) groups is 1. The summed E-state index contributed by atoms with van der Waals surface area (Å²) in [5.41, 5.74) is 1.26. The summed E-state index contributed by atoms with van der Waals surface area (Å²) in [6.07, 6.45) is 4.10. The van der Waals surface area contributed by atoms with Crippen LogP contribution in [-0.2, 0) is 11.3 Å². The highest BCUT2D eigenvalue weighted by Gasteiger charge is 2.07. The van der Waals surface area contributed by atoms with Gasteiger partial charge in [0.1, 0.15) is 6.54 Å². The fourth-order valence-corrected chi connectivity index (χ4v) is 2.57. The summed E-state index contributed by atoms with van der Waals surface area (Å²) in [6, 6.07) is 10.9. The molecule has 0 saturated heterocycles. The number of aliphatic imine (C=N–C) groups is 1. The Balaban J connectivity index is 1.87. The molecule has 0 spiro atoms. The molecule has 1 atom stereocenters. The van der Waals surface area contributed by atoms with Crippen LogP contribution in [-0.4, -0.2) is 54.6 Å². The Morgan fingerprint density at radius 3 is 2.77 bits per heavy atom. The molecule has 0 aliphatic heterocycles. The van der Waals surface area contributed by atoms with Crippen LogP contribution in [0, 0.1) is 0 Å². The minimum absolute atomic E-state index is 0.00550. The molecule has 1 aromatic carbocycles. The fraction of sp³-hybridized carbons (Fsp3) is 0.500. The number of nitrogens with one attached hydrogen (secondary N) is 2. The van der Waals surface area contributed by atoms with E-state index in [4.69, 9.17) is 0 Å². The quantitative estimate of drug-likeness (QED) is 0.433. The highest BCUT2D eigenvalue weighted by Crippen LogP contribution is 2.15. The largest absolute Gasteiger partial charge is 0.356 e. The van der Waals surface area contributed by atoms with Gasteiger partial charge in [-0.2, -0.15) is 0 Å². The molecule has 2 aromatic rings. The van der Waals surface area contributed by atoms with Gasteiger partial charge in [0.05, 0.1) is 0 Å². The van der Waals surface area contributed by atoms with Crippen molar-refractivity contribution in [2.75, 3.05) is 27.2 Å². The van der Waals surface area contributed by atoms with Crippen LogP contribution in [0.2, 0.25) is 0 Å². The predicted molar refractivity (Wildman–Crippen MR) is 108 cm³/mol. The molecule has 0 aliphatic rings. The maximum atomic E-state index is 11.8. The van der Waals surface area contributed by atoms with Crippen LogP contribution in [0.25, 0.3) is 10.9 Å². The van der Waals surface area contributed by atoms with Gasteiger partial charge in [0.15, 0.2) is 5.96 Å². The topological polar surface area (TPSA) is 61.7 Å². The van der Waals surface area contributed by atoms with Gasteiger partial charge in [-0.25, -0.2) is 4.99 Å². The normalized spacial score (nSPS) is 12.8. The second-order valence-electron chi connectivity index (χ2n) is 6.75. The zero-order valence-electron chi connectivity index (χ0n) is 16.3. The number of amides is 1. The number of fused-ring (bicyclic) bond motifs is 1. The van der Waals surface area contributed by atoms with Gasteiger partial charge in [0, 0.05) is 44.9 Å². The number of hydrogen-bond donors (Lipinski definition) is 2. The van der Waals surface area contributed by atoms with Crippen molar-refractivity contribution in [2.24, 2.45) is 4.99 Å². The molecule has 0 aliphatic carbocycles. The third-order valence-electron chi connectivity index (χ3n) is 4.42. The zero-order valence-corrected chi connectivity index (χ0v) is 16.3. The molecule has 0 saturated carbocycles. The number of likely N-dealkylation sites (N-methyl/N-ethyl adjacent to an activating group) is 1. The first-order chi connectivity index (χ1) is 12.5. The van der Waals surface area contributed by atoms with Crippen molar-refractivity contribution in [2.45, 2.75) is 39.3 Å². The van der Waals surface area contributed by atoms with Crippen LogP contribution in [0.5, 0.6) is 0 Å². The van der Waals surface area contributed by atoms with E-state index in [0.29, 0.717) is 12.0 Å². The molecule has 6 heteroatoms. The third-order valence-corrected chi connectivity index (χ3v) is 4.42. The molecule has 0 bridgehead atoms. The second kappa shape index (κ2) is 9.85. The lowest BCUT2D eigenvalue weighted by Crippen LogP contribution is -2.43. The Kier molecular flexibility index (Phi) is 7.51. The Hall–Kier alpha value is -2.50. The Morgan fingerprint density at radius 1 is 1.27 bits per heavy atom. The Labute approximate surface area is 156 Å². The van der Waals surface area contributed by atoms with Gasteiger partial charge >= 0.3 is 0 Å². The smallest absolute Gasteiger partial charge is 0.243 e. The fourth-order valence-electron chi connectivity index (χ4n) is 2.57. The Morgan fingerprint density at radius 2 is 2.04 bits per heavy atom. The number of aryl methyl sites for hydroxylation is 1. The van der Waals surface area contributed by atoms with Crippen molar-refractivity contribution >= 4 is 22.8 Å². The number of para-hydroxylation sites is 1. The highest BCUT2D eigenvalue weighted by atomic mass is 16.2. The molecule has 1 heterocycles. The van der Waals surface area contributed by atoms with Crippen LogP contribution in [0.3, 0.4) is 0 Å². The summed E-state index contributed by atoms with van der Waals surface area (Å²) in [6.45, 7) is 6.12. The zero-order chi connectivity index (χ0) is 18.9. The molecule has 1 amide bonds. The number of aromatic nitrogens is 1. The first-order valence-corrected chi connectivity index (χ1v) is 9.30. The van der Waals surface area contributed by atoms with Gasteiger partial charge in [0.2, 0.25) is 5.91 Å². The highest BCUT2D eigenvalue weighted by molar-refractivity contribution is 5.85. The molecule has 6 nitrogen and oxygen atoms in total. The van der Waals surface area contributed by atoms with Crippen molar-refractivity contribution in [3.63, 3.8) is 0 Å². The van der Waals surface area contributed by atoms with Crippen LogP contribution in [0.1, 0.15) is 26.7 Å². The summed E-state index contributed by atoms with van der Waals surface area (Å²) in [7, 11) is 3.49. The summed E-state index contributed by atoms with van der Waals surface area (Å²) in [5, 5.41) is 7.96. The van der Waals surface area contributed by atoms with Crippen molar-refractivity contribution in [3.05, 3.63) is 36.5 Å². The van der Waals surface area contributed by atoms with Gasteiger partial charge in [-0.3, -0.25) is 4.79 Å². The van der Waals surface area contributed by atoms with Crippen LogP contribution < -0.4 is 10.6 Å². The molecule has 1 aromatic heterocycles. The van der Waals surface area contributed by atoms with Crippen molar-refractivity contribution in [1.29, 1.82) is 0 Å². The van der Waals surface area contributed by atoms with Gasteiger partial charge in [-0.1, -0.05) is 25.1 Å². The van der Waals surface area contributed by atoms with Gasteiger partial charge < -0.3 is 20.1 Å². The number of benzene rings is 1. The molecule has 2 rings (SSSR count). The van der Waals surface area contributed by atoms with Crippen molar-refractivity contribution < 1.29 is 4.79 Å². The first kappa shape index (κ1) is 19.8. The van der Waals surface area contributed by atoms with Gasteiger partial charge in [-0.15, -0.1) is 0 Å². The first-order valence-electron chi connectivity index (χ1n) is 9.30. The standard InChI is InChI=1S/C20H31N5O/c1-5-16(2)23-20(22-15-19(26)24(3)4)21-12-8-13-25-14-11-17-9-6-7-10-18(17)25/h6-7,9-11,14,16H,5,8,12-13,15H2,1-4H3,(H2,21,22,23). The maximum absolute atomic E-state index is 11.8. The second-order valence-corrected chi connectivity index (χ2v) is 6.75. The number of hydrogen-bond acceptors (Lipinski definition) is 2.